The van der Waals surface area contributed by atoms with Crippen molar-refractivity contribution in [1.82, 2.24) is 4.98 Å². The fourth-order valence-electron chi connectivity index (χ4n) is 3.77. The molecule has 0 radical (unpaired) electrons. The monoisotopic (exact) mass is 492 g/mol. The molecule has 0 aliphatic carbocycles. The van der Waals surface area contributed by atoms with Crippen LogP contribution in [0.25, 0.3) is 22.2 Å². The summed E-state index contributed by atoms with van der Waals surface area (Å²) in [6.45, 7) is 3.47. The van der Waals surface area contributed by atoms with Crippen LogP contribution in [-0.2, 0) is 0 Å². The van der Waals surface area contributed by atoms with Crippen molar-refractivity contribution in [2.45, 2.75) is 6.92 Å². The second kappa shape index (κ2) is 11.2. The van der Waals surface area contributed by atoms with Crippen LogP contribution in [0.5, 0.6) is 0 Å². The lowest BCUT2D eigenvalue weighted by Crippen LogP contribution is -2.27. The lowest BCUT2D eigenvalue weighted by molar-refractivity contribution is 0.262. The molecule has 0 saturated carbocycles. The highest BCUT2D eigenvalue weighted by molar-refractivity contribution is 6.18. The zero-order valence-corrected chi connectivity index (χ0v) is 20.4. The van der Waals surface area contributed by atoms with Crippen LogP contribution in [0, 0.1) is 6.92 Å². The number of hydrogen-bond acceptors (Lipinski definition) is 3. The molecular weight excluding hydrogens is 467 g/mol. The zero-order chi connectivity index (χ0) is 23.9. The largest absolute Gasteiger partial charge is 0.369 e. The van der Waals surface area contributed by atoms with Crippen LogP contribution in [0.1, 0.15) is 5.56 Å². The van der Waals surface area contributed by atoms with Crippen molar-refractivity contribution in [2.75, 3.05) is 40.4 Å². The Morgan fingerprint density at radius 2 is 1.56 bits per heavy atom. The topological polar surface area (TPSA) is 57.3 Å². The van der Waals surface area contributed by atoms with Crippen molar-refractivity contribution in [3.63, 3.8) is 0 Å². The second-order valence-corrected chi connectivity index (χ2v) is 8.69. The summed E-state index contributed by atoms with van der Waals surface area (Å²) < 4.78 is 0. The number of carbonyl (C=O) groups is 1. The van der Waals surface area contributed by atoms with Crippen LogP contribution in [0.15, 0.2) is 78.9 Å². The van der Waals surface area contributed by atoms with Crippen LogP contribution in [-0.4, -0.2) is 35.9 Å². The Morgan fingerprint density at radius 3 is 2.24 bits per heavy atom. The second-order valence-electron chi connectivity index (χ2n) is 7.93. The number of aryl methyl sites for hydroxylation is 1. The molecule has 0 aliphatic rings. The molecule has 0 saturated heterocycles. The number of nitrogens with zero attached hydrogens (tertiary/aromatic N) is 2. The van der Waals surface area contributed by atoms with Gasteiger partial charge in [-0.1, -0.05) is 48.0 Å². The maximum atomic E-state index is 12.9. The summed E-state index contributed by atoms with van der Waals surface area (Å²) in [7, 11) is 0. The molecule has 2 amide bonds. The Kier molecular flexibility index (Phi) is 7.88. The van der Waals surface area contributed by atoms with E-state index >= 15 is 0 Å². The Bertz CT molecular complexity index is 1250. The molecule has 0 bridgehead atoms. The number of halogens is 2. The van der Waals surface area contributed by atoms with Crippen LogP contribution in [0.4, 0.5) is 21.9 Å². The van der Waals surface area contributed by atoms with Crippen molar-refractivity contribution in [3.8, 4) is 11.3 Å². The fourth-order valence-corrected chi connectivity index (χ4v) is 4.17. The van der Waals surface area contributed by atoms with Gasteiger partial charge in [0.05, 0.1) is 16.9 Å². The Hall–Kier alpha value is -3.28. The number of pyridine rings is 1. The van der Waals surface area contributed by atoms with E-state index in [1.54, 1.807) is 0 Å². The van der Waals surface area contributed by atoms with E-state index in [0.717, 1.165) is 27.8 Å². The molecule has 1 heterocycles. The third kappa shape index (κ3) is 5.79. The first-order valence-corrected chi connectivity index (χ1v) is 12.2. The van der Waals surface area contributed by atoms with Gasteiger partial charge in [-0.2, -0.15) is 0 Å². The molecule has 4 rings (SSSR count). The molecule has 174 valence electrons. The average molecular weight is 493 g/mol. The fraction of sp³-hybridized carbons (Fsp3) is 0.185. The SMILES string of the molecule is Cc1ccc(-c2cc(NC(=O)Nc3ccc(N(CCCl)CCCl)cc3)c3ccccc3n2)cc1. The van der Waals surface area contributed by atoms with Gasteiger partial charge in [0, 0.05) is 47.2 Å². The van der Waals surface area contributed by atoms with Crippen molar-refractivity contribution < 1.29 is 4.79 Å². The minimum Gasteiger partial charge on any atom is -0.369 e. The van der Waals surface area contributed by atoms with Gasteiger partial charge in [-0.3, -0.25) is 0 Å². The average Bonchev–Trinajstić information content (AvgIpc) is 2.85. The van der Waals surface area contributed by atoms with Gasteiger partial charge < -0.3 is 15.5 Å². The predicted octanol–water partition coefficient (Wildman–Crippen LogP) is 7.14. The van der Waals surface area contributed by atoms with Crippen LogP contribution < -0.4 is 15.5 Å². The maximum absolute atomic E-state index is 12.9. The minimum atomic E-state index is -0.322. The van der Waals surface area contributed by atoms with E-state index in [4.69, 9.17) is 28.2 Å². The van der Waals surface area contributed by atoms with Crippen LogP contribution >= 0.6 is 23.2 Å². The Labute approximate surface area is 209 Å². The number of amides is 2. The van der Waals surface area contributed by atoms with Crippen molar-refractivity contribution in [2.24, 2.45) is 0 Å². The van der Waals surface area contributed by atoms with Crippen LogP contribution in [0.3, 0.4) is 0 Å². The summed E-state index contributed by atoms with van der Waals surface area (Å²) >= 11 is 11.8. The predicted molar refractivity (Wildman–Crippen MR) is 145 cm³/mol. The van der Waals surface area contributed by atoms with E-state index in [-0.39, 0.29) is 6.03 Å². The number of anilines is 3. The summed E-state index contributed by atoms with van der Waals surface area (Å²) in [5.74, 6) is 1.04. The third-order valence-corrected chi connectivity index (χ3v) is 5.85. The van der Waals surface area contributed by atoms with E-state index in [1.807, 2.05) is 66.7 Å². The summed E-state index contributed by atoms with van der Waals surface area (Å²) in [6.07, 6.45) is 0. The first-order valence-electron chi connectivity index (χ1n) is 11.1. The third-order valence-electron chi connectivity index (χ3n) is 5.51. The molecule has 3 aromatic carbocycles. The number of fused-ring (bicyclic) bond motifs is 1. The molecule has 0 spiro atoms. The molecule has 2 N–H and O–H groups in total. The molecular formula is C27H26Cl2N4O. The normalized spacial score (nSPS) is 10.8. The smallest absolute Gasteiger partial charge is 0.323 e. The number of urea groups is 1. The van der Waals surface area contributed by atoms with Gasteiger partial charge in [0.1, 0.15) is 0 Å². The molecule has 34 heavy (non-hydrogen) atoms. The molecule has 0 atom stereocenters. The molecule has 0 aliphatic heterocycles. The lowest BCUT2D eigenvalue weighted by Gasteiger charge is -2.23. The highest BCUT2D eigenvalue weighted by Gasteiger charge is 2.11. The van der Waals surface area contributed by atoms with Gasteiger partial charge >= 0.3 is 6.03 Å². The summed E-state index contributed by atoms with van der Waals surface area (Å²) in [6, 6.07) is 25.2. The van der Waals surface area contributed by atoms with E-state index < -0.39 is 0 Å². The highest BCUT2D eigenvalue weighted by Crippen LogP contribution is 2.29. The standard InChI is InChI=1S/C27H26Cl2N4O/c1-19-6-8-20(9-7-19)25-18-26(23-4-2-3-5-24(23)31-25)32-27(34)30-21-10-12-22(13-11-21)33(16-14-28)17-15-29/h2-13,18H,14-17H2,1H3,(H2,30,31,32,34). The Morgan fingerprint density at radius 1 is 0.882 bits per heavy atom. The maximum Gasteiger partial charge on any atom is 0.323 e. The lowest BCUT2D eigenvalue weighted by atomic mass is 10.1. The number of aromatic nitrogens is 1. The van der Waals surface area contributed by atoms with Gasteiger partial charge in [-0.15, -0.1) is 23.2 Å². The van der Waals surface area contributed by atoms with E-state index in [1.165, 1.54) is 5.56 Å². The van der Waals surface area contributed by atoms with Crippen LogP contribution in [0.2, 0.25) is 0 Å². The van der Waals surface area contributed by atoms with Gasteiger partial charge in [-0.05, 0) is 43.3 Å². The summed E-state index contributed by atoms with van der Waals surface area (Å²) in [4.78, 5) is 19.8. The Balaban J connectivity index is 1.54. The zero-order valence-electron chi connectivity index (χ0n) is 18.9. The number of alkyl halides is 2. The number of nitrogens with one attached hydrogen (secondary N) is 2. The minimum absolute atomic E-state index is 0.322. The first-order chi connectivity index (χ1) is 16.6. The number of benzene rings is 3. The molecule has 7 heteroatoms. The number of rotatable bonds is 8. The van der Waals surface area contributed by atoms with E-state index in [2.05, 4.69) is 34.6 Å². The van der Waals surface area contributed by atoms with Gasteiger partial charge in [0.15, 0.2) is 0 Å². The highest BCUT2D eigenvalue weighted by atomic mass is 35.5. The molecule has 5 nitrogen and oxygen atoms in total. The van der Waals surface area contributed by atoms with E-state index in [0.29, 0.717) is 36.2 Å². The number of carbonyl (C=O) groups excluding carboxylic acids is 1. The number of hydrogen-bond donors (Lipinski definition) is 2. The van der Waals surface area contributed by atoms with Crippen molar-refractivity contribution >= 4 is 57.2 Å². The van der Waals surface area contributed by atoms with Crippen molar-refractivity contribution in [3.05, 3.63) is 84.4 Å². The van der Waals surface area contributed by atoms with E-state index in [9.17, 15) is 4.79 Å². The summed E-state index contributed by atoms with van der Waals surface area (Å²) in [5, 5.41) is 6.78. The number of para-hydroxylation sites is 1. The quantitative estimate of drug-likeness (QED) is 0.257. The molecule has 4 aromatic rings. The molecule has 0 fully saturated rings. The molecule has 0 unspecified atom stereocenters. The summed E-state index contributed by atoms with van der Waals surface area (Å²) in [5.41, 5.74) is 6.20. The van der Waals surface area contributed by atoms with Gasteiger partial charge in [-0.25, -0.2) is 9.78 Å². The molecule has 1 aromatic heterocycles. The first kappa shape index (κ1) is 23.9. The van der Waals surface area contributed by atoms with Gasteiger partial charge in [0.25, 0.3) is 0 Å². The van der Waals surface area contributed by atoms with Gasteiger partial charge in [0.2, 0.25) is 0 Å². The van der Waals surface area contributed by atoms with Crippen molar-refractivity contribution in [1.29, 1.82) is 0 Å².